The quantitative estimate of drug-likeness (QED) is 0.295. The van der Waals surface area contributed by atoms with Crippen LogP contribution in [0.15, 0.2) is 5.16 Å². The highest BCUT2D eigenvalue weighted by molar-refractivity contribution is 5.80. The average molecular weight is 231 g/mol. The maximum Gasteiger partial charge on any atom is 0.407 e. The third kappa shape index (κ3) is 6.92. The van der Waals surface area contributed by atoms with Crippen LogP contribution < -0.4 is 11.1 Å². The lowest BCUT2D eigenvalue weighted by Crippen LogP contribution is -2.40. The van der Waals surface area contributed by atoms with Crippen molar-refractivity contribution >= 4 is 11.9 Å². The second-order valence-electron chi connectivity index (χ2n) is 4.55. The second kappa shape index (κ2) is 6.19. The highest BCUT2D eigenvalue weighted by atomic mass is 16.6. The van der Waals surface area contributed by atoms with Crippen LogP contribution in [0.5, 0.6) is 0 Å². The molecule has 0 heterocycles. The van der Waals surface area contributed by atoms with E-state index < -0.39 is 11.7 Å². The van der Waals surface area contributed by atoms with Crippen molar-refractivity contribution < 1.29 is 14.7 Å². The van der Waals surface area contributed by atoms with E-state index in [1.807, 2.05) is 6.92 Å². The number of oxime groups is 1. The van der Waals surface area contributed by atoms with E-state index in [1.54, 1.807) is 20.8 Å². The largest absolute Gasteiger partial charge is 0.444 e. The first-order valence-corrected chi connectivity index (χ1v) is 5.24. The molecule has 16 heavy (non-hydrogen) atoms. The van der Waals surface area contributed by atoms with Crippen LogP contribution in [0.4, 0.5) is 4.79 Å². The predicted octanol–water partition coefficient (Wildman–Crippen LogP) is 1.43. The number of amidine groups is 1. The Balaban J connectivity index is 4.18. The Morgan fingerprint density at radius 2 is 2.12 bits per heavy atom. The summed E-state index contributed by atoms with van der Waals surface area (Å²) in [7, 11) is 0. The number of hydrogen-bond donors (Lipinski definition) is 3. The maximum atomic E-state index is 11.4. The number of nitrogens with two attached hydrogens (primary N) is 1. The minimum absolute atomic E-state index is 0.0860. The van der Waals surface area contributed by atoms with Crippen LogP contribution in [0.3, 0.4) is 0 Å². The van der Waals surface area contributed by atoms with Gasteiger partial charge in [-0.2, -0.15) is 0 Å². The summed E-state index contributed by atoms with van der Waals surface area (Å²) in [6.07, 6.45) is 0.479. The van der Waals surface area contributed by atoms with E-state index in [1.165, 1.54) is 0 Å². The van der Waals surface area contributed by atoms with Crippen molar-refractivity contribution in [1.82, 2.24) is 5.32 Å². The van der Waals surface area contributed by atoms with Crippen LogP contribution in [0.1, 0.15) is 40.5 Å². The van der Waals surface area contributed by atoms with Crippen molar-refractivity contribution in [2.24, 2.45) is 10.9 Å². The topological polar surface area (TPSA) is 96.9 Å². The molecule has 94 valence electrons. The molecular formula is C10H21N3O3. The summed E-state index contributed by atoms with van der Waals surface area (Å²) >= 11 is 0. The van der Waals surface area contributed by atoms with Crippen LogP contribution in [-0.4, -0.2) is 28.8 Å². The van der Waals surface area contributed by atoms with Gasteiger partial charge < -0.3 is 21.0 Å². The molecular weight excluding hydrogens is 210 g/mol. The molecule has 1 atom stereocenters. The van der Waals surface area contributed by atoms with Crippen molar-refractivity contribution in [3.05, 3.63) is 0 Å². The van der Waals surface area contributed by atoms with E-state index >= 15 is 0 Å². The van der Waals surface area contributed by atoms with E-state index in [0.29, 0.717) is 12.8 Å². The fraction of sp³-hybridized carbons (Fsp3) is 0.800. The maximum absolute atomic E-state index is 11.4. The zero-order valence-corrected chi connectivity index (χ0v) is 10.3. The van der Waals surface area contributed by atoms with Crippen molar-refractivity contribution in [3.8, 4) is 0 Å². The zero-order chi connectivity index (χ0) is 12.8. The molecule has 0 bridgehead atoms. The lowest BCUT2D eigenvalue weighted by atomic mass is 10.1. The normalized spacial score (nSPS) is 14.4. The number of ether oxygens (including phenoxy) is 1. The minimum Gasteiger partial charge on any atom is -0.444 e. The molecule has 6 heteroatoms. The number of rotatable bonds is 4. The summed E-state index contributed by atoms with van der Waals surface area (Å²) in [5.41, 5.74) is 4.83. The van der Waals surface area contributed by atoms with Crippen LogP contribution in [0, 0.1) is 0 Å². The molecule has 0 aliphatic carbocycles. The lowest BCUT2D eigenvalue weighted by molar-refractivity contribution is 0.0504. The van der Waals surface area contributed by atoms with Crippen molar-refractivity contribution in [2.45, 2.75) is 52.2 Å². The van der Waals surface area contributed by atoms with Gasteiger partial charge in [0.1, 0.15) is 11.4 Å². The minimum atomic E-state index is -0.529. The van der Waals surface area contributed by atoms with Crippen molar-refractivity contribution in [1.29, 1.82) is 0 Å². The zero-order valence-electron chi connectivity index (χ0n) is 10.3. The Kier molecular flexibility index (Phi) is 5.63. The monoisotopic (exact) mass is 231 g/mol. The molecule has 1 unspecified atom stereocenters. The Labute approximate surface area is 95.8 Å². The first-order valence-electron chi connectivity index (χ1n) is 5.24. The van der Waals surface area contributed by atoms with E-state index in [0.717, 1.165) is 0 Å². The SMILES string of the molecule is CCC(CC(N)=NO)NC(=O)OC(C)(C)C. The number of alkyl carbamates (subject to hydrolysis) is 1. The first kappa shape index (κ1) is 14.5. The molecule has 0 aromatic heterocycles. The van der Waals surface area contributed by atoms with Gasteiger partial charge in [0.15, 0.2) is 0 Å². The Bertz CT molecular complexity index is 259. The van der Waals surface area contributed by atoms with Crippen LogP contribution in [0.2, 0.25) is 0 Å². The van der Waals surface area contributed by atoms with E-state index in [-0.39, 0.29) is 11.9 Å². The second-order valence-corrected chi connectivity index (χ2v) is 4.55. The van der Waals surface area contributed by atoms with Gasteiger partial charge in [-0.3, -0.25) is 0 Å². The van der Waals surface area contributed by atoms with Crippen molar-refractivity contribution in [3.63, 3.8) is 0 Å². The molecule has 6 nitrogen and oxygen atoms in total. The fourth-order valence-electron chi connectivity index (χ4n) is 1.06. The summed E-state index contributed by atoms with van der Waals surface area (Å²) < 4.78 is 5.09. The van der Waals surface area contributed by atoms with E-state index in [4.69, 9.17) is 15.7 Å². The van der Waals surface area contributed by atoms with E-state index in [9.17, 15) is 4.79 Å². The van der Waals surface area contributed by atoms with Crippen LogP contribution in [0.25, 0.3) is 0 Å². The summed E-state index contributed by atoms with van der Waals surface area (Å²) in [4.78, 5) is 11.4. The molecule has 0 saturated heterocycles. The van der Waals surface area contributed by atoms with Gasteiger partial charge in [-0.1, -0.05) is 12.1 Å². The van der Waals surface area contributed by atoms with Gasteiger partial charge in [-0.05, 0) is 27.2 Å². The highest BCUT2D eigenvalue weighted by Crippen LogP contribution is 2.07. The molecule has 0 fully saturated rings. The van der Waals surface area contributed by atoms with Crippen LogP contribution in [-0.2, 0) is 4.74 Å². The molecule has 0 aliphatic rings. The molecule has 0 aromatic rings. The van der Waals surface area contributed by atoms with Gasteiger partial charge >= 0.3 is 6.09 Å². The average Bonchev–Trinajstić information content (AvgIpc) is 2.13. The first-order chi connectivity index (χ1) is 7.28. The van der Waals surface area contributed by atoms with Gasteiger partial charge in [0.05, 0.1) is 0 Å². The fourth-order valence-corrected chi connectivity index (χ4v) is 1.06. The summed E-state index contributed by atoms with van der Waals surface area (Å²) in [6, 6.07) is -0.189. The molecule has 0 aliphatic heterocycles. The Morgan fingerprint density at radius 3 is 2.50 bits per heavy atom. The number of hydrogen-bond acceptors (Lipinski definition) is 4. The number of amides is 1. The van der Waals surface area contributed by atoms with E-state index in [2.05, 4.69) is 10.5 Å². The van der Waals surface area contributed by atoms with Gasteiger partial charge in [-0.15, -0.1) is 0 Å². The molecule has 0 radical (unpaired) electrons. The smallest absolute Gasteiger partial charge is 0.407 e. The molecule has 0 rings (SSSR count). The summed E-state index contributed by atoms with van der Waals surface area (Å²) in [5, 5.41) is 13.9. The summed E-state index contributed by atoms with van der Waals surface area (Å²) in [6.45, 7) is 7.26. The number of carbonyl (C=O) groups is 1. The molecule has 1 amide bonds. The lowest BCUT2D eigenvalue weighted by Gasteiger charge is -2.22. The number of carbonyl (C=O) groups excluding carboxylic acids is 1. The predicted molar refractivity (Wildman–Crippen MR) is 61.5 cm³/mol. The highest BCUT2D eigenvalue weighted by Gasteiger charge is 2.19. The molecule has 0 aromatic carbocycles. The Morgan fingerprint density at radius 1 is 1.56 bits per heavy atom. The molecule has 4 N–H and O–H groups in total. The van der Waals surface area contributed by atoms with Crippen LogP contribution >= 0.6 is 0 Å². The third-order valence-electron chi connectivity index (χ3n) is 1.80. The molecule has 0 spiro atoms. The third-order valence-corrected chi connectivity index (χ3v) is 1.80. The Hall–Kier alpha value is -1.46. The van der Waals surface area contributed by atoms with Gasteiger partial charge in [0, 0.05) is 12.5 Å². The molecule has 0 saturated carbocycles. The summed E-state index contributed by atoms with van der Waals surface area (Å²) in [5.74, 6) is 0.0860. The van der Waals surface area contributed by atoms with Crippen molar-refractivity contribution in [2.75, 3.05) is 0 Å². The number of nitrogens with zero attached hydrogens (tertiary/aromatic N) is 1. The standard InChI is InChI=1S/C10H21N3O3/c1-5-7(6-8(11)13-15)12-9(14)16-10(2,3)4/h7,15H,5-6H2,1-4H3,(H2,11,13)(H,12,14). The van der Waals surface area contributed by atoms with Gasteiger partial charge in [0.25, 0.3) is 0 Å². The van der Waals surface area contributed by atoms with Gasteiger partial charge in [0.2, 0.25) is 0 Å². The number of nitrogens with one attached hydrogen (secondary N) is 1. The van der Waals surface area contributed by atoms with Gasteiger partial charge in [-0.25, -0.2) is 4.79 Å².